The molecule has 1 aromatic carbocycles. The largest absolute Gasteiger partial charge is 0.319 e. The number of piperidine rings is 1. The summed E-state index contributed by atoms with van der Waals surface area (Å²) in [4.78, 5) is 24.7. The summed E-state index contributed by atoms with van der Waals surface area (Å²) in [5.41, 5.74) is 5.72. The summed E-state index contributed by atoms with van der Waals surface area (Å²) in [6.07, 6.45) is 13.8. The molecule has 2 fully saturated rings. The number of aromatic nitrogens is 4. The van der Waals surface area contributed by atoms with Crippen molar-refractivity contribution in [3.05, 3.63) is 71.9 Å². The summed E-state index contributed by atoms with van der Waals surface area (Å²) < 4.78 is 27.9. The second-order valence-electron chi connectivity index (χ2n) is 12.3. The maximum atomic E-state index is 13.9. The molecule has 4 heterocycles. The molecule has 1 aliphatic heterocycles. The highest BCUT2D eigenvalue weighted by molar-refractivity contribution is 6.11. The highest BCUT2D eigenvalue weighted by Gasteiger charge is 2.29. The number of carbonyl (C=O) groups excluding carboxylic acids is 1. The number of pyridine rings is 2. The van der Waals surface area contributed by atoms with Gasteiger partial charge in [0.1, 0.15) is 0 Å². The van der Waals surface area contributed by atoms with E-state index in [9.17, 15) is 13.6 Å². The van der Waals surface area contributed by atoms with Crippen LogP contribution in [0.4, 0.5) is 14.5 Å². The first-order chi connectivity index (χ1) is 20.9. The molecule has 2 N–H and O–H groups in total. The Hall–Kier alpha value is -3.72. The number of hydrogen-bond acceptors (Lipinski definition) is 5. The van der Waals surface area contributed by atoms with Crippen molar-refractivity contribution in [2.75, 3.05) is 18.4 Å². The van der Waals surface area contributed by atoms with E-state index in [0.29, 0.717) is 30.1 Å². The van der Waals surface area contributed by atoms with Crippen molar-refractivity contribution in [1.82, 2.24) is 25.1 Å². The lowest BCUT2D eigenvalue weighted by atomic mass is 9.90. The quantitative estimate of drug-likeness (QED) is 0.231. The van der Waals surface area contributed by atoms with E-state index < -0.39 is 5.92 Å². The third kappa shape index (κ3) is 7.63. The van der Waals surface area contributed by atoms with Gasteiger partial charge in [0.2, 0.25) is 5.92 Å². The number of anilines is 1. The zero-order valence-electron chi connectivity index (χ0n) is 24.6. The number of amides is 1. The molecule has 0 bridgehead atoms. The zero-order chi connectivity index (χ0) is 29.6. The van der Waals surface area contributed by atoms with Crippen molar-refractivity contribution in [1.29, 1.82) is 0 Å². The fourth-order valence-electron chi connectivity index (χ4n) is 6.53. The van der Waals surface area contributed by atoms with Gasteiger partial charge in [-0.2, -0.15) is 5.10 Å². The molecule has 6 rings (SSSR count). The number of rotatable bonds is 7. The molecule has 9 heteroatoms. The topological polar surface area (TPSA) is 86.8 Å². The minimum absolute atomic E-state index is 0.00921. The molecule has 1 saturated carbocycles. The summed E-state index contributed by atoms with van der Waals surface area (Å²) in [5, 5.41) is 11.0. The molecule has 1 atom stereocenters. The Morgan fingerprint density at radius 1 is 0.930 bits per heavy atom. The number of alkyl halides is 2. The third-order valence-corrected chi connectivity index (χ3v) is 8.91. The summed E-state index contributed by atoms with van der Waals surface area (Å²) in [6.45, 7) is 3.05. The first-order valence-corrected chi connectivity index (χ1v) is 15.7. The second kappa shape index (κ2) is 13.3. The summed E-state index contributed by atoms with van der Waals surface area (Å²) >= 11 is 0. The van der Waals surface area contributed by atoms with Crippen molar-refractivity contribution in [3.63, 3.8) is 0 Å². The predicted molar refractivity (Wildman–Crippen MR) is 165 cm³/mol. The molecule has 1 saturated heterocycles. The first-order valence-electron chi connectivity index (χ1n) is 15.7. The van der Waals surface area contributed by atoms with Gasteiger partial charge in [0, 0.05) is 42.7 Å². The molecule has 4 aromatic rings. The number of nitrogens with zero attached hydrogens (tertiary/aromatic N) is 4. The van der Waals surface area contributed by atoms with Crippen LogP contribution in [0.1, 0.15) is 86.0 Å². The molecule has 43 heavy (non-hydrogen) atoms. The number of benzene rings is 1. The van der Waals surface area contributed by atoms with Gasteiger partial charge in [-0.3, -0.25) is 24.8 Å². The van der Waals surface area contributed by atoms with E-state index in [2.05, 4.69) is 36.4 Å². The van der Waals surface area contributed by atoms with Crippen LogP contribution in [-0.2, 0) is 13.0 Å². The number of H-pyrrole nitrogens is 1. The van der Waals surface area contributed by atoms with Gasteiger partial charge < -0.3 is 5.32 Å². The maximum absolute atomic E-state index is 13.9. The average Bonchev–Trinajstić information content (AvgIpc) is 3.47. The van der Waals surface area contributed by atoms with Gasteiger partial charge in [0.05, 0.1) is 23.1 Å². The number of nitrogens with one attached hydrogen (secondary N) is 2. The van der Waals surface area contributed by atoms with Gasteiger partial charge in [0.15, 0.2) is 5.69 Å². The molecular formula is C34H40F2N6O. The van der Waals surface area contributed by atoms with Crippen LogP contribution in [0.25, 0.3) is 22.0 Å². The normalized spacial score (nSPS) is 19.8. The number of likely N-dealkylation sites (tertiary alicyclic amines) is 1. The highest BCUT2D eigenvalue weighted by Crippen LogP contribution is 2.34. The van der Waals surface area contributed by atoms with Crippen LogP contribution in [0.3, 0.4) is 0 Å². The zero-order valence-corrected chi connectivity index (χ0v) is 24.6. The number of carbonyl (C=O) groups is 1. The first kappa shape index (κ1) is 29.4. The molecule has 7 nitrogen and oxygen atoms in total. The fourth-order valence-corrected chi connectivity index (χ4v) is 6.53. The molecule has 1 amide bonds. The SMILES string of the molecule is O=C(Nc1ccc(CN2CCCCC2)nc1)c1n[nH]c2ccc(-c3cncc(CC4CCCCC(F)(F)CCC4)c3)cc12. The van der Waals surface area contributed by atoms with Gasteiger partial charge in [-0.15, -0.1) is 0 Å². The van der Waals surface area contributed by atoms with Gasteiger partial charge in [-0.1, -0.05) is 25.3 Å². The maximum Gasteiger partial charge on any atom is 0.276 e. The van der Waals surface area contributed by atoms with E-state index in [1.54, 1.807) is 6.20 Å². The molecule has 226 valence electrons. The lowest BCUT2D eigenvalue weighted by molar-refractivity contribution is -0.0192. The molecule has 3 aromatic heterocycles. The van der Waals surface area contributed by atoms with Crippen LogP contribution in [-0.4, -0.2) is 50.0 Å². The Kier molecular flexibility index (Phi) is 9.07. The van der Waals surface area contributed by atoms with E-state index in [4.69, 9.17) is 0 Å². The van der Waals surface area contributed by atoms with Crippen molar-refractivity contribution >= 4 is 22.5 Å². The Morgan fingerprint density at radius 3 is 2.60 bits per heavy atom. The van der Waals surface area contributed by atoms with Crippen LogP contribution >= 0.6 is 0 Å². The molecule has 0 radical (unpaired) electrons. The van der Waals surface area contributed by atoms with Crippen molar-refractivity contribution in [3.8, 4) is 11.1 Å². The molecule has 2 aliphatic rings. The lowest BCUT2D eigenvalue weighted by Crippen LogP contribution is -2.29. The van der Waals surface area contributed by atoms with Crippen LogP contribution in [0, 0.1) is 5.92 Å². The Morgan fingerprint density at radius 2 is 1.77 bits per heavy atom. The van der Waals surface area contributed by atoms with Gasteiger partial charge in [-0.05, 0) is 99.0 Å². The fraction of sp³-hybridized carbons (Fsp3) is 0.471. The Labute approximate surface area is 251 Å². The number of aromatic amines is 1. The Balaban J connectivity index is 1.13. The number of hydrogen-bond donors (Lipinski definition) is 2. The summed E-state index contributed by atoms with van der Waals surface area (Å²) in [7, 11) is 0. The lowest BCUT2D eigenvalue weighted by Gasteiger charge is -2.25. The summed E-state index contributed by atoms with van der Waals surface area (Å²) in [5.74, 6) is -2.44. The second-order valence-corrected chi connectivity index (χ2v) is 12.3. The molecule has 1 aliphatic carbocycles. The minimum Gasteiger partial charge on any atom is -0.319 e. The smallest absolute Gasteiger partial charge is 0.276 e. The van der Waals surface area contributed by atoms with Crippen molar-refractivity contribution < 1.29 is 13.6 Å². The van der Waals surface area contributed by atoms with Gasteiger partial charge >= 0.3 is 0 Å². The van der Waals surface area contributed by atoms with Crippen molar-refractivity contribution in [2.24, 2.45) is 5.92 Å². The Bertz CT molecular complexity index is 1530. The van der Waals surface area contributed by atoms with Crippen LogP contribution in [0.2, 0.25) is 0 Å². The number of fused-ring (bicyclic) bond motifs is 1. The number of halogens is 2. The molecule has 1 unspecified atom stereocenters. The predicted octanol–water partition coefficient (Wildman–Crippen LogP) is 7.80. The molecular weight excluding hydrogens is 546 g/mol. The van der Waals surface area contributed by atoms with Gasteiger partial charge in [0.25, 0.3) is 5.91 Å². The van der Waals surface area contributed by atoms with E-state index in [1.165, 1.54) is 19.3 Å². The van der Waals surface area contributed by atoms with Crippen LogP contribution in [0.15, 0.2) is 55.0 Å². The third-order valence-electron chi connectivity index (χ3n) is 8.91. The average molecular weight is 587 g/mol. The standard InChI is InChI=1S/C34H40F2N6O/c35-34(36)13-3-2-7-24(8-6-14-34)17-25-18-27(21-37-20-25)26-9-12-31-30(19-26)32(41-40-31)33(43)39-28-10-11-29(38-22-28)23-42-15-4-1-5-16-42/h9-12,18-22,24H,1-8,13-17,23H2,(H,39,43)(H,40,41). The van der Waals surface area contributed by atoms with E-state index in [-0.39, 0.29) is 18.7 Å². The van der Waals surface area contributed by atoms with E-state index >= 15 is 0 Å². The van der Waals surface area contributed by atoms with E-state index in [0.717, 1.165) is 78.6 Å². The highest BCUT2D eigenvalue weighted by atomic mass is 19.3. The summed E-state index contributed by atoms with van der Waals surface area (Å²) in [6, 6.07) is 11.9. The minimum atomic E-state index is -2.52. The van der Waals surface area contributed by atoms with Crippen LogP contribution in [0.5, 0.6) is 0 Å². The van der Waals surface area contributed by atoms with E-state index in [1.807, 2.05) is 42.7 Å². The van der Waals surface area contributed by atoms with Crippen LogP contribution < -0.4 is 5.32 Å². The van der Waals surface area contributed by atoms with Crippen molar-refractivity contribution in [2.45, 2.75) is 83.1 Å². The monoisotopic (exact) mass is 586 g/mol. The molecule has 0 spiro atoms. The van der Waals surface area contributed by atoms with Gasteiger partial charge in [-0.25, -0.2) is 8.78 Å².